The third kappa shape index (κ3) is 6.52. The molecule has 0 unspecified atom stereocenters. The molecule has 2 aliphatic rings. The van der Waals surface area contributed by atoms with E-state index in [0.29, 0.717) is 16.7 Å². The second-order valence-electron chi connectivity index (χ2n) is 11.1. The number of nitrogens with one attached hydrogen (secondary N) is 2. The minimum Gasteiger partial charge on any atom is -0.459 e. The van der Waals surface area contributed by atoms with E-state index >= 15 is 0 Å². The lowest BCUT2D eigenvalue weighted by Crippen LogP contribution is -2.52. The molecule has 2 N–H and O–H groups in total. The molecule has 0 amide bonds. The van der Waals surface area contributed by atoms with Gasteiger partial charge in [0.15, 0.2) is 18.4 Å². The summed E-state index contributed by atoms with van der Waals surface area (Å²) in [6, 6.07) is 28.3. The highest BCUT2D eigenvalue weighted by molar-refractivity contribution is 5.91. The monoisotopic (exact) mass is 607 g/mol. The summed E-state index contributed by atoms with van der Waals surface area (Å²) in [6.07, 6.45) is -4.23. The van der Waals surface area contributed by atoms with Crippen LogP contribution in [0.2, 0.25) is 0 Å². The Morgan fingerprint density at radius 3 is 1.71 bits per heavy atom. The summed E-state index contributed by atoms with van der Waals surface area (Å²) in [7, 11) is 0. The number of benzene rings is 4. The molecule has 0 bridgehead atoms. The van der Waals surface area contributed by atoms with E-state index in [1.54, 1.807) is 53.5 Å². The van der Waals surface area contributed by atoms with Crippen LogP contribution in [0, 0.1) is 20.8 Å². The van der Waals surface area contributed by atoms with E-state index in [4.69, 9.17) is 18.9 Å². The number of ether oxygens (including phenoxy) is 4. The van der Waals surface area contributed by atoms with Gasteiger partial charge < -0.3 is 24.4 Å². The summed E-state index contributed by atoms with van der Waals surface area (Å²) in [5, 5.41) is 1.66. The van der Waals surface area contributed by atoms with Crippen molar-refractivity contribution in [3.63, 3.8) is 0 Å². The average molecular weight is 608 g/mol. The van der Waals surface area contributed by atoms with Crippen LogP contribution in [-0.4, -0.2) is 49.1 Å². The molecule has 2 heterocycles. The van der Waals surface area contributed by atoms with Crippen LogP contribution in [0.1, 0.15) is 47.8 Å². The Morgan fingerprint density at radius 2 is 1.16 bits per heavy atom. The zero-order valence-electron chi connectivity index (χ0n) is 25.1. The third-order valence-corrected chi connectivity index (χ3v) is 7.74. The molecule has 0 aliphatic carbocycles. The minimum atomic E-state index is -1.14. The maximum absolute atomic E-state index is 13.5. The van der Waals surface area contributed by atoms with Crippen LogP contribution in [0.3, 0.4) is 0 Å². The Labute approximate surface area is 260 Å². The molecule has 4 aromatic rings. The van der Waals surface area contributed by atoms with Crippen molar-refractivity contribution in [2.45, 2.75) is 45.3 Å². The van der Waals surface area contributed by atoms with Gasteiger partial charge in [-0.15, -0.1) is 5.53 Å². The van der Waals surface area contributed by atoms with Crippen molar-refractivity contribution in [1.82, 2.24) is 5.53 Å². The summed E-state index contributed by atoms with van der Waals surface area (Å²) < 4.78 is 24.2. The number of hydrogen-bond acceptors (Lipinski definition) is 10. The minimum absolute atomic E-state index is 0.267. The Hall–Kier alpha value is -5.19. The van der Waals surface area contributed by atoms with Crippen LogP contribution >= 0.6 is 0 Å². The maximum atomic E-state index is 13.5. The predicted molar refractivity (Wildman–Crippen MR) is 167 cm³/mol. The molecule has 10 heteroatoms. The van der Waals surface area contributed by atoms with Crippen LogP contribution in [0.4, 0.5) is 11.4 Å². The second-order valence-corrected chi connectivity index (χ2v) is 11.1. The van der Waals surface area contributed by atoms with Gasteiger partial charge in [-0.2, -0.15) is 0 Å². The van der Waals surface area contributed by atoms with Gasteiger partial charge in [0.2, 0.25) is 0 Å². The Bertz CT molecular complexity index is 1690. The fraction of sp³-hybridized carbons (Fsp3) is 0.229. The lowest BCUT2D eigenvalue weighted by atomic mass is 10.1. The number of carbonyl (C=O) groups excluding carboxylic acids is 3. The highest BCUT2D eigenvalue weighted by Gasteiger charge is 2.54. The maximum Gasteiger partial charge on any atom is 0.338 e. The highest BCUT2D eigenvalue weighted by Crippen LogP contribution is 2.37. The van der Waals surface area contributed by atoms with Crippen LogP contribution in [0.25, 0.3) is 0 Å². The molecule has 0 radical (unpaired) electrons. The molecule has 4 aromatic carbocycles. The molecule has 4 atom stereocenters. The molecule has 230 valence electrons. The summed E-state index contributed by atoms with van der Waals surface area (Å²) in [6.45, 7) is 5.49. The van der Waals surface area contributed by atoms with Gasteiger partial charge in [-0.1, -0.05) is 65.2 Å². The van der Waals surface area contributed by atoms with Crippen molar-refractivity contribution in [1.29, 1.82) is 0 Å². The van der Waals surface area contributed by atoms with Gasteiger partial charge >= 0.3 is 17.9 Å². The third-order valence-electron chi connectivity index (χ3n) is 7.74. The van der Waals surface area contributed by atoms with Crippen LogP contribution < -0.4 is 16.0 Å². The molecule has 0 spiro atoms. The Kier molecular flexibility index (Phi) is 8.50. The lowest BCUT2D eigenvalue weighted by Gasteiger charge is -2.30. The largest absolute Gasteiger partial charge is 0.459 e. The van der Waals surface area contributed by atoms with Crippen molar-refractivity contribution >= 4 is 29.3 Å². The van der Waals surface area contributed by atoms with Crippen LogP contribution in [0.5, 0.6) is 0 Å². The SMILES string of the molecule is Cc1ccc(C(=O)OC[C@@H]2O[C@H](N3NNc4ccccc43)[C@@H](OC(=O)c3ccc(C)cc3)[C@@H]2OC(=O)c2ccc(C)cc2)cc1. The van der Waals surface area contributed by atoms with Gasteiger partial charge in [-0.05, 0) is 69.3 Å². The van der Waals surface area contributed by atoms with E-state index in [1.807, 2.05) is 69.3 Å². The van der Waals surface area contributed by atoms with Gasteiger partial charge in [-0.25, -0.2) is 14.4 Å². The Balaban J connectivity index is 1.33. The van der Waals surface area contributed by atoms with Crippen molar-refractivity contribution in [3.8, 4) is 0 Å². The highest BCUT2D eigenvalue weighted by atomic mass is 16.7. The molecule has 0 aromatic heterocycles. The number of fused-ring (bicyclic) bond motifs is 1. The van der Waals surface area contributed by atoms with Gasteiger partial charge in [0.25, 0.3) is 0 Å². The fourth-order valence-corrected chi connectivity index (χ4v) is 5.18. The summed E-state index contributed by atoms with van der Waals surface area (Å²) >= 11 is 0. The number of rotatable bonds is 8. The standard InChI is InChI=1S/C35H33N3O7/c1-21-8-14-24(15-9-21)33(39)42-20-29-30(44-34(40)25-16-10-22(2)11-17-25)31(45-35(41)26-18-12-23(3)13-19-26)32(43-29)38-28-7-5-4-6-27(28)36-37-38/h4-19,29-32,36-37H,20H2,1-3H3/t29-,30+,31-,32-/m0/s1. The normalized spacial score (nSPS) is 20.2. The molecule has 1 fully saturated rings. The van der Waals surface area contributed by atoms with Gasteiger partial charge in [0.05, 0.1) is 28.1 Å². The molecule has 2 aliphatic heterocycles. The van der Waals surface area contributed by atoms with E-state index < -0.39 is 42.4 Å². The van der Waals surface area contributed by atoms with E-state index in [1.165, 1.54) is 0 Å². The molecule has 45 heavy (non-hydrogen) atoms. The number of aryl methyl sites for hydroxylation is 3. The second kappa shape index (κ2) is 12.8. The van der Waals surface area contributed by atoms with Crippen molar-refractivity contribution in [3.05, 3.63) is 130 Å². The number of nitrogens with zero attached hydrogens (tertiary/aromatic N) is 1. The average Bonchev–Trinajstić information content (AvgIpc) is 3.62. The first-order chi connectivity index (χ1) is 21.8. The predicted octanol–water partition coefficient (Wildman–Crippen LogP) is 5.30. The molecule has 10 nitrogen and oxygen atoms in total. The first-order valence-electron chi connectivity index (χ1n) is 14.6. The fourth-order valence-electron chi connectivity index (χ4n) is 5.18. The van der Waals surface area contributed by atoms with Gasteiger partial charge in [-0.3, -0.25) is 5.01 Å². The van der Waals surface area contributed by atoms with Gasteiger partial charge in [0, 0.05) is 0 Å². The number of para-hydroxylation sites is 2. The van der Waals surface area contributed by atoms with Crippen molar-refractivity contribution in [2.75, 3.05) is 17.0 Å². The van der Waals surface area contributed by atoms with Crippen LogP contribution in [-0.2, 0) is 18.9 Å². The topological polar surface area (TPSA) is 115 Å². The molecule has 0 saturated carbocycles. The molecule has 6 rings (SSSR count). The number of carbonyl (C=O) groups is 3. The van der Waals surface area contributed by atoms with Crippen molar-refractivity contribution < 1.29 is 33.3 Å². The number of esters is 3. The zero-order valence-corrected chi connectivity index (χ0v) is 25.1. The number of hydrazine groups is 2. The number of hydrogen-bond donors (Lipinski definition) is 2. The smallest absolute Gasteiger partial charge is 0.338 e. The van der Waals surface area contributed by atoms with Crippen LogP contribution in [0.15, 0.2) is 97.1 Å². The summed E-state index contributed by atoms with van der Waals surface area (Å²) in [5.74, 6) is -1.82. The zero-order chi connectivity index (χ0) is 31.5. The van der Waals surface area contributed by atoms with Crippen molar-refractivity contribution in [2.24, 2.45) is 0 Å². The Morgan fingerprint density at radius 1 is 0.667 bits per heavy atom. The van der Waals surface area contributed by atoms with Gasteiger partial charge in [0.1, 0.15) is 12.7 Å². The van der Waals surface area contributed by atoms with E-state index in [-0.39, 0.29) is 6.61 Å². The van der Waals surface area contributed by atoms with E-state index in [9.17, 15) is 14.4 Å². The first-order valence-corrected chi connectivity index (χ1v) is 14.6. The molecular formula is C35H33N3O7. The number of anilines is 2. The quantitative estimate of drug-likeness (QED) is 0.202. The first kappa shape index (κ1) is 29.9. The van der Waals surface area contributed by atoms with E-state index in [2.05, 4.69) is 11.0 Å². The lowest BCUT2D eigenvalue weighted by molar-refractivity contribution is -0.0452. The molecular weight excluding hydrogens is 574 g/mol. The summed E-state index contributed by atoms with van der Waals surface area (Å²) in [4.78, 5) is 39.9. The van der Waals surface area contributed by atoms with E-state index in [0.717, 1.165) is 28.1 Å². The summed E-state index contributed by atoms with van der Waals surface area (Å²) in [5.41, 5.74) is 11.6. The molecule has 1 saturated heterocycles.